The van der Waals surface area contributed by atoms with E-state index in [1.807, 2.05) is 69.9 Å². The number of ether oxygens (including phenoxy) is 1. The van der Waals surface area contributed by atoms with E-state index >= 15 is 0 Å². The molecule has 3 nitrogen and oxygen atoms in total. The summed E-state index contributed by atoms with van der Waals surface area (Å²) in [6, 6.07) is 10.3. The first-order valence-electron chi connectivity index (χ1n) is 6.93. The maximum absolute atomic E-state index is 12.6. The van der Waals surface area contributed by atoms with Gasteiger partial charge in [-0.15, -0.1) is 0 Å². The predicted octanol–water partition coefficient (Wildman–Crippen LogP) is 2.95. The SMILES string of the molecule is CC(C)N(C(=O)C1OC1(C)c1ccccc1)C(C)C. The molecular weight excluding hydrogens is 238 g/mol. The van der Waals surface area contributed by atoms with Crippen LogP contribution in [0, 0.1) is 0 Å². The highest BCUT2D eigenvalue weighted by atomic mass is 16.6. The Balaban J connectivity index is 2.16. The summed E-state index contributed by atoms with van der Waals surface area (Å²) in [4.78, 5) is 14.5. The summed E-state index contributed by atoms with van der Waals surface area (Å²) in [6.45, 7) is 10.2. The van der Waals surface area contributed by atoms with Gasteiger partial charge in [0, 0.05) is 12.1 Å². The third-order valence-electron chi connectivity index (χ3n) is 3.74. The van der Waals surface area contributed by atoms with E-state index < -0.39 is 5.60 Å². The van der Waals surface area contributed by atoms with Gasteiger partial charge in [-0.25, -0.2) is 0 Å². The van der Waals surface area contributed by atoms with Gasteiger partial charge in [0.25, 0.3) is 5.91 Å². The van der Waals surface area contributed by atoms with Crippen molar-refractivity contribution in [1.82, 2.24) is 4.90 Å². The number of amides is 1. The second-order valence-electron chi connectivity index (χ2n) is 5.90. The molecule has 1 saturated heterocycles. The van der Waals surface area contributed by atoms with Gasteiger partial charge in [0.1, 0.15) is 5.60 Å². The molecule has 1 aliphatic heterocycles. The quantitative estimate of drug-likeness (QED) is 0.781. The summed E-state index contributed by atoms with van der Waals surface area (Å²) in [5.41, 5.74) is 0.612. The first-order valence-corrected chi connectivity index (χ1v) is 6.93. The maximum Gasteiger partial charge on any atom is 0.255 e. The number of rotatable bonds is 4. The van der Waals surface area contributed by atoms with Crippen molar-refractivity contribution in [2.24, 2.45) is 0 Å². The summed E-state index contributed by atoms with van der Waals surface area (Å²) in [5.74, 6) is 0.0938. The normalized spacial score (nSPS) is 25.7. The van der Waals surface area contributed by atoms with E-state index in [2.05, 4.69) is 0 Å². The Morgan fingerprint density at radius 1 is 1.16 bits per heavy atom. The monoisotopic (exact) mass is 261 g/mol. The molecule has 0 aromatic heterocycles. The van der Waals surface area contributed by atoms with Crippen LogP contribution in [0.15, 0.2) is 30.3 Å². The first kappa shape index (κ1) is 14.1. The van der Waals surface area contributed by atoms with E-state index in [1.54, 1.807) is 0 Å². The van der Waals surface area contributed by atoms with Crippen LogP contribution in [0.25, 0.3) is 0 Å². The van der Waals surface area contributed by atoms with Crippen molar-refractivity contribution in [3.63, 3.8) is 0 Å². The van der Waals surface area contributed by atoms with E-state index in [-0.39, 0.29) is 24.1 Å². The molecule has 2 unspecified atom stereocenters. The van der Waals surface area contributed by atoms with E-state index in [0.29, 0.717) is 0 Å². The highest BCUT2D eigenvalue weighted by Crippen LogP contribution is 2.46. The number of nitrogens with zero attached hydrogens (tertiary/aromatic N) is 1. The standard InChI is InChI=1S/C16H23NO2/c1-11(2)17(12(3)4)15(18)14-16(5,19-14)13-9-7-6-8-10-13/h6-12,14H,1-5H3. The van der Waals surface area contributed by atoms with Crippen LogP contribution in [0.3, 0.4) is 0 Å². The molecule has 1 amide bonds. The number of hydrogen-bond acceptors (Lipinski definition) is 2. The van der Waals surface area contributed by atoms with Crippen molar-refractivity contribution in [2.75, 3.05) is 0 Å². The summed E-state index contributed by atoms with van der Waals surface area (Å²) in [7, 11) is 0. The molecule has 0 spiro atoms. The smallest absolute Gasteiger partial charge is 0.255 e. The minimum atomic E-state index is -0.458. The molecule has 0 radical (unpaired) electrons. The van der Waals surface area contributed by atoms with Gasteiger partial charge in [-0.2, -0.15) is 0 Å². The van der Waals surface area contributed by atoms with Crippen molar-refractivity contribution in [3.05, 3.63) is 35.9 Å². The van der Waals surface area contributed by atoms with Crippen LogP contribution in [-0.2, 0) is 15.1 Å². The highest BCUT2D eigenvalue weighted by molar-refractivity contribution is 5.85. The van der Waals surface area contributed by atoms with Gasteiger partial charge in [0.2, 0.25) is 0 Å². The molecule has 1 aromatic rings. The average molecular weight is 261 g/mol. The van der Waals surface area contributed by atoms with Crippen LogP contribution < -0.4 is 0 Å². The number of epoxide rings is 1. The van der Waals surface area contributed by atoms with Gasteiger partial charge < -0.3 is 9.64 Å². The molecule has 2 atom stereocenters. The Kier molecular flexibility index (Phi) is 3.68. The number of carbonyl (C=O) groups excluding carboxylic acids is 1. The molecule has 0 bridgehead atoms. The molecular formula is C16H23NO2. The van der Waals surface area contributed by atoms with Crippen molar-refractivity contribution in [2.45, 2.75) is 58.4 Å². The maximum atomic E-state index is 12.6. The van der Waals surface area contributed by atoms with Gasteiger partial charge in [0.15, 0.2) is 6.10 Å². The molecule has 3 heteroatoms. The lowest BCUT2D eigenvalue weighted by Gasteiger charge is -2.30. The van der Waals surface area contributed by atoms with Gasteiger partial charge in [-0.3, -0.25) is 4.79 Å². The van der Waals surface area contributed by atoms with Crippen molar-refractivity contribution in [3.8, 4) is 0 Å². The van der Waals surface area contributed by atoms with Gasteiger partial charge in [-0.05, 0) is 40.2 Å². The highest BCUT2D eigenvalue weighted by Gasteiger charge is 2.59. The average Bonchev–Trinajstić information content (AvgIpc) is 3.03. The Morgan fingerprint density at radius 2 is 1.68 bits per heavy atom. The summed E-state index contributed by atoms with van der Waals surface area (Å²) in [6.07, 6.45) is -0.348. The lowest BCUT2D eigenvalue weighted by Crippen LogP contribution is -2.45. The van der Waals surface area contributed by atoms with Gasteiger partial charge in [-0.1, -0.05) is 30.3 Å². The molecule has 1 aromatic carbocycles. The minimum absolute atomic E-state index is 0.0938. The Labute approximate surface area is 115 Å². The minimum Gasteiger partial charge on any atom is -0.351 e. The van der Waals surface area contributed by atoms with E-state index in [9.17, 15) is 4.79 Å². The molecule has 1 aliphatic rings. The molecule has 19 heavy (non-hydrogen) atoms. The van der Waals surface area contributed by atoms with Gasteiger partial charge in [0.05, 0.1) is 0 Å². The van der Waals surface area contributed by atoms with Crippen LogP contribution in [-0.4, -0.2) is 29.0 Å². The van der Waals surface area contributed by atoms with Crippen molar-refractivity contribution >= 4 is 5.91 Å². The fraction of sp³-hybridized carbons (Fsp3) is 0.562. The first-order chi connectivity index (χ1) is 8.88. The summed E-state index contributed by atoms with van der Waals surface area (Å²) >= 11 is 0. The van der Waals surface area contributed by atoms with E-state index in [4.69, 9.17) is 4.74 Å². The molecule has 0 N–H and O–H groups in total. The Bertz CT molecular complexity index is 447. The molecule has 1 fully saturated rings. The van der Waals surface area contributed by atoms with Crippen molar-refractivity contribution < 1.29 is 9.53 Å². The van der Waals surface area contributed by atoms with Crippen LogP contribution in [0.1, 0.15) is 40.2 Å². The third kappa shape index (κ3) is 2.52. The van der Waals surface area contributed by atoms with Gasteiger partial charge >= 0.3 is 0 Å². The fourth-order valence-corrected chi connectivity index (χ4v) is 2.73. The molecule has 2 rings (SSSR count). The predicted molar refractivity (Wildman–Crippen MR) is 75.8 cm³/mol. The zero-order valence-corrected chi connectivity index (χ0v) is 12.4. The van der Waals surface area contributed by atoms with Crippen molar-refractivity contribution in [1.29, 1.82) is 0 Å². The number of carbonyl (C=O) groups is 1. The fourth-order valence-electron chi connectivity index (χ4n) is 2.73. The lowest BCUT2D eigenvalue weighted by atomic mass is 9.96. The van der Waals surface area contributed by atoms with Crippen LogP contribution in [0.2, 0.25) is 0 Å². The van der Waals surface area contributed by atoms with Crippen LogP contribution in [0.4, 0.5) is 0 Å². The Hall–Kier alpha value is -1.35. The topological polar surface area (TPSA) is 32.8 Å². The molecule has 0 saturated carbocycles. The molecule has 104 valence electrons. The van der Waals surface area contributed by atoms with Crippen LogP contribution in [0.5, 0.6) is 0 Å². The lowest BCUT2D eigenvalue weighted by molar-refractivity contribution is -0.136. The molecule has 0 aliphatic carbocycles. The Morgan fingerprint density at radius 3 is 2.16 bits per heavy atom. The second kappa shape index (κ2) is 4.97. The van der Waals surface area contributed by atoms with E-state index in [1.165, 1.54) is 0 Å². The summed E-state index contributed by atoms with van der Waals surface area (Å²) in [5, 5.41) is 0. The molecule has 1 heterocycles. The van der Waals surface area contributed by atoms with Crippen LogP contribution >= 0.6 is 0 Å². The third-order valence-corrected chi connectivity index (χ3v) is 3.74. The second-order valence-corrected chi connectivity index (χ2v) is 5.90. The summed E-state index contributed by atoms with van der Waals surface area (Å²) < 4.78 is 5.74. The largest absolute Gasteiger partial charge is 0.351 e. The number of benzene rings is 1. The number of hydrogen-bond donors (Lipinski definition) is 0. The van der Waals surface area contributed by atoms with E-state index in [0.717, 1.165) is 5.56 Å². The zero-order valence-electron chi connectivity index (χ0n) is 12.4. The zero-order chi connectivity index (χ0) is 14.2.